The summed E-state index contributed by atoms with van der Waals surface area (Å²) in [5.41, 5.74) is 4.58. The van der Waals surface area contributed by atoms with E-state index in [1.54, 1.807) is 0 Å². The van der Waals surface area contributed by atoms with Crippen molar-refractivity contribution in [1.29, 1.82) is 0 Å². The summed E-state index contributed by atoms with van der Waals surface area (Å²) in [6.45, 7) is 2.43. The summed E-state index contributed by atoms with van der Waals surface area (Å²) >= 11 is 6.04. The fraction of sp³-hybridized carbons (Fsp3) is 0.647. The minimum atomic E-state index is 0.184. The van der Waals surface area contributed by atoms with Gasteiger partial charge in [-0.2, -0.15) is 0 Å². The average molecular weight is 308 g/mol. The van der Waals surface area contributed by atoms with Crippen molar-refractivity contribution in [3.05, 3.63) is 34.9 Å². The Morgan fingerprint density at radius 1 is 1.00 bits per heavy atom. The number of benzene rings is 1. The molecular formula is C17H26ClN3. The molecule has 1 atom stereocenters. The fourth-order valence-electron chi connectivity index (χ4n) is 4.33. The third kappa shape index (κ3) is 2.98. The lowest BCUT2D eigenvalue weighted by atomic mass is 9.81. The first-order valence-electron chi connectivity index (χ1n) is 8.23. The molecule has 0 radical (unpaired) electrons. The van der Waals surface area contributed by atoms with Gasteiger partial charge in [0, 0.05) is 10.6 Å². The van der Waals surface area contributed by atoms with Crippen molar-refractivity contribution < 1.29 is 0 Å². The van der Waals surface area contributed by atoms with E-state index >= 15 is 0 Å². The summed E-state index contributed by atoms with van der Waals surface area (Å²) in [6.07, 6.45) is 9.10. The van der Waals surface area contributed by atoms with Crippen molar-refractivity contribution in [3.63, 3.8) is 0 Å². The van der Waals surface area contributed by atoms with Crippen LogP contribution in [0, 0.1) is 0 Å². The number of nitrogens with one attached hydrogen (secondary N) is 1. The minimum absolute atomic E-state index is 0.184. The molecule has 3 nitrogen and oxygen atoms in total. The molecule has 0 aromatic heterocycles. The molecule has 1 heterocycles. The van der Waals surface area contributed by atoms with Gasteiger partial charge in [0.25, 0.3) is 0 Å². The van der Waals surface area contributed by atoms with Crippen molar-refractivity contribution in [3.8, 4) is 0 Å². The second-order valence-corrected chi connectivity index (χ2v) is 6.95. The number of likely N-dealkylation sites (tertiary alicyclic amines) is 1. The molecule has 1 aliphatic carbocycles. The lowest BCUT2D eigenvalue weighted by Crippen LogP contribution is -2.57. The van der Waals surface area contributed by atoms with Crippen LogP contribution in [0.3, 0.4) is 0 Å². The zero-order chi connectivity index (χ0) is 14.7. The van der Waals surface area contributed by atoms with E-state index < -0.39 is 0 Å². The molecular weight excluding hydrogens is 282 g/mol. The summed E-state index contributed by atoms with van der Waals surface area (Å²) in [5, 5.41) is 0.785. The summed E-state index contributed by atoms with van der Waals surface area (Å²) in [4.78, 5) is 2.71. The average Bonchev–Trinajstić information content (AvgIpc) is 3.01. The molecule has 1 aromatic rings. The van der Waals surface area contributed by atoms with Gasteiger partial charge in [0.2, 0.25) is 0 Å². The number of halogens is 1. The molecule has 1 saturated heterocycles. The standard InChI is InChI=1S/C17H26ClN3/c18-15-8-6-14(7-9-15)16(20-19)17(10-2-3-11-17)21-12-4-1-5-13-21/h6-9,16,20H,1-5,10-13,19H2. The smallest absolute Gasteiger partial charge is 0.0643 e. The first-order chi connectivity index (χ1) is 10.3. The van der Waals surface area contributed by atoms with Gasteiger partial charge in [0.05, 0.1) is 6.04 Å². The van der Waals surface area contributed by atoms with Crippen molar-refractivity contribution in [1.82, 2.24) is 10.3 Å². The molecule has 1 aliphatic heterocycles. The maximum Gasteiger partial charge on any atom is 0.0643 e. The van der Waals surface area contributed by atoms with E-state index in [1.807, 2.05) is 12.1 Å². The van der Waals surface area contributed by atoms with Crippen LogP contribution in [-0.2, 0) is 0 Å². The van der Waals surface area contributed by atoms with Gasteiger partial charge in [-0.15, -0.1) is 0 Å². The van der Waals surface area contributed by atoms with Gasteiger partial charge in [-0.1, -0.05) is 43.0 Å². The largest absolute Gasteiger partial charge is 0.296 e. The van der Waals surface area contributed by atoms with Crippen LogP contribution in [0.15, 0.2) is 24.3 Å². The Kier molecular flexibility index (Phi) is 4.85. The highest BCUT2D eigenvalue weighted by Crippen LogP contribution is 2.45. The lowest BCUT2D eigenvalue weighted by molar-refractivity contribution is 0.0360. The number of hydrogen-bond donors (Lipinski definition) is 2. The Bertz CT molecular complexity index is 448. The predicted octanol–water partition coefficient (Wildman–Crippen LogP) is 3.64. The lowest BCUT2D eigenvalue weighted by Gasteiger charge is -2.48. The van der Waals surface area contributed by atoms with Gasteiger partial charge in [-0.3, -0.25) is 16.2 Å². The second kappa shape index (κ2) is 6.66. The van der Waals surface area contributed by atoms with E-state index in [4.69, 9.17) is 17.4 Å². The number of rotatable bonds is 4. The Morgan fingerprint density at radius 2 is 1.62 bits per heavy atom. The molecule has 1 unspecified atom stereocenters. The number of nitrogens with zero attached hydrogens (tertiary/aromatic N) is 1. The molecule has 3 N–H and O–H groups in total. The first kappa shape index (κ1) is 15.3. The van der Waals surface area contributed by atoms with Crippen LogP contribution in [0.25, 0.3) is 0 Å². The van der Waals surface area contributed by atoms with Crippen LogP contribution in [0.1, 0.15) is 56.6 Å². The quantitative estimate of drug-likeness (QED) is 0.659. The molecule has 1 saturated carbocycles. The Labute approximate surface area is 132 Å². The van der Waals surface area contributed by atoms with Gasteiger partial charge >= 0.3 is 0 Å². The van der Waals surface area contributed by atoms with Crippen LogP contribution in [-0.4, -0.2) is 23.5 Å². The highest BCUT2D eigenvalue weighted by atomic mass is 35.5. The van der Waals surface area contributed by atoms with Gasteiger partial charge in [0.1, 0.15) is 0 Å². The topological polar surface area (TPSA) is 41.3 Å². The van der Waals surface area contributed by atoms with E-state index in [9.17, 15) is 0 Å². The predicted molar refractivity (Wildman–Crippen MR) is 88.1 cm³/mol. The summed E-state index contributed by atoms with van der Waals surface area (Å²) < 4.78 is 0. The first-order valence-corrected chi connectivity index (χ1v) is 8.61. The Hall–Kier alpha value is -0.610. The number of hydrazine groups is 1. The van der Waals surface area contributed by atoms with E-state index in [0.717, 1.165) is 5.02 Å². The van der Waals surface area contributed by atoms with Gasteiger partial charge in [-0.05, 0) is 56.5 Å². The van der Waals surface area contributed by atoms with E-state index in [0.29, 0.717) is 0 Å². The van der Waals surface area contributed by atoms with Crippen LogP contribution in [0.4, 0.5) is 0 Å². The summed E-state index contributed by atoms with van der Waals surface area (Å²) in [5.74, 6) is 6.00. The van der Waals surface area contributed by atoms with Gasteiger partial charge in [-0.25, -0.2) is 0 Å². The van der Waals surface area contributed by atoms with Crippen molar-refractivity contribution in [2.45, 2.75) is 56.5 Å². The third-order valence-electron chi connectivity index (χ3n) is 5.36. The van der Waals surface area contributed by atoms with E-state index in [1.165, 1.54) is 63.6 Å². The molecule has 21 heavy (non-hydrogen) atoms. The van der Waals surface area contributed by atoms with Crippen LogP contribution >= 0.6 is 11.6 Å². The maximum atomic E-state index is 6.04. The molecule has 2 aliphatic rings. The molecule has 0 bridgehead atoms. The van der Waals surface area contributed by atoms with Gasteiger partial charge in [0.15, 0.2) is 0 Å². The molecule has 0 spiro atoms. The molecule has 2 fully saturated rings. The fourth-order valence-corrected chi connectivity index (χ4v) is 4.46. The second-order valence-electron chi connectivity index (χ2n) is 6.51. The molecule has 4 heteroatoms. The van der Waals surface area contributed by atoms with Crippen LogP contribution < -0.4 is 11.3 Å². The Morgan fingerprint density at radius 3 is 2.19 bits per heavy atom. The van der Waals surface area contributed by atoms with E-state index in [2.05, 4.69) is 22.5 Å². The van der Waals surface area contributed by atoms with Crippen molar-refractivity contribution in [2.75, 3.05) is 13.1 Å². The highest BCUT2D eigenvalue weighted by Gasteiger charge is 2.46. The summed E-state index contributed by atoms with van der Waals surface area (Å²) in [6, 6.07) is 8.38. The van der Waals surface area contributed by atoms with Crippen LogP contribution in [0.2, 0.25) is 5.02 Å². The maximum absolute atomic E-state index is 6.04. The monoisotopic (exact) mass is 307 g/mol. The zero-order valence-electron chi connectivity index (χ0n) is 12.7. The Balaban J connectivity index is 1.91. The van der Waals surface area contributed by atoms with Crippen molar-refractivity contribution in [2.24, 2.45) is 5.84 Å². The zero-order valence-corrected chi connectivity index (χ0v) is 13.4. The van der Waals surface area contributed by atoms with Crippen molar-refractivity contribution >= 4 is 11.6 Å². The van der Waals surface area contributed by atoms with E-state index in [-0.39, 0.29) is 11.6 Å². The molecule has 0 amide bonds. The molecule has 116 valence electrons. The van der Waals surface area contributed by atoms with Crippen LogP contribution in [0.5, 0.6) is 0 Å². The van der Waals surface area contributed by atoms with Gasteiger partial charge < -0.3 is 0 Å². The summed E-state index contributed by atoms with van der Waals surface area (Å²) in [7, 11) is 0. The highest BCUT2D eigenvalue weighted by molar-refractivity contribution is 6.30. The third-order valence-corrected chi connectivity index (χ3v) is 5.61. The minimum Gasteiger partial charge on any atom is -0.296 e. The SMILES string of the molecule is NNC(c1ccc(Cl)cc1)C1(N2CCCCC2)CCCC1. The number of piperidine rings is 1. The number of hydrogen-bond acceptors (Lipinski definition) is 3. The number of nitrogens with two attached hydrogens (primary N) is 1. The normalized spacial score (nSPS) is 24.1. The molecule has 3 rings (SSSR count). The molecule has 1 aromatic carbocycles.